The normalized spacial score (nSPS) is 20.1. The van der Waals surface area contributed by atoms with Crippen LogP contribution >= 0.6 is 0 Å². The van der Waals surface area contributed by atoms with Gasteiger partial charge in [-0.3, -0.25) is 9.59 Å². The van der Waals surface area contributed by atoms with Crippen LogP contribution < -0.4 is 0 Å². The third kappa shape index (κ3) is 8.22. The molecule has 1 fully saturated rings. The SMILES string of the molecule is CCOC(=O)C(C)(C)CCCCCC1CC1CCCCC(C)(C)C(C)=O. The van der Waals surface area contributed by atoms with Crippen molar-refractivity contribution in [2.24, 2.45) is 22.7 Å². The smallest absolute Gasteiger partial charge is 0.311 e. The van der Waals surface area contributed by atoms with Crippen molar-refractivity contribution in [1.29, 1.82) is 0 Å². The number of ketones is 1. The summed E-state index contributed by atoms with van der Waals surface area (Å²) in [6.07, 6.45) is 12.1. The Bertz CT molecular complexity index is 450. The van der Waals surface area contributed by atoms with E-state index in [1.54, 1.807) is 6.92 Å². The molecule has 1 rings (SSSR count). The molecule has 0 spiro atoms. The van der Waals surface area contributed by atoms with Crippen LogP contribution in [0, 0.1) is 22.7 Å². The minimum Gasteiger partial charge on any atom is -0.466 e. The van der Waals surface area contributed by atoms with Crippen LogP contribution in [0.3, 0.4) is 0 Å². The Hall–Kier alpha value is -0.860. The van der Waals surface area contributed by atoms with Gasteiger partial charge in [-0.1, -0.05) is 58.8 Å². The molecule has 3 heteroatoms. The molecule has 3 nitrogen and oxygen atoms in total. The summed E-state index contributed by atoms with van der Waals surface area (Å²) in [5.74, 6) is 2.13. The number of unbranched alkanes of at least 4 members (excludes halogenated alkanes) is 3. The van der Waals surface area contributed by atoms with Crippen LogP contribution in [-0.4, -0.2) is 18.4 Å². The highest BCUT2D eigenvalue weighted by atomic mass is 16.5. The lowest BCUT2D eigenvalue weighted by molar-refractivity contribution is -0.153. The molecule has 1 aliphatic rings. The van der Waals surface area contributed by atoms with Gasteiger partial charge in [0.1, 0.15) is 5.78 Å². The number of carbonyl (C=O) groups excluding carboxylic acids is 2. The van der Waals surface area contributed by atoms with Crippen molar-refractivity contribution in [1.82, 2.24) is 0 Å². The van der Waals surface area contributed by atoms with Crippen molar-refractivity contribution < 1.29 is 14.3 Å². The second-order valence-electron chi connectivity index (χ2n) is 9.65. The molecule has 0 aromatic heterocycles. The highest BCUT2D eigenvalue weighted by Crippen LogP contribution is 2.46. The maximum absolute atomic E-state index is 11.9. The van der Waals surface area contributed by atoms with Gasteiger partial charge in [-0.05, 0) is 58.8 Å². The van der Waals surface area contributed by atoms with Gasteiger partial charge in [-0.25, -0.2) is 0 Å². The van der Waals surface area contributed by atoms with E-state index in [2.05, 4.69) is 13.8 Å². The molecule has 152 valence electrons. The van der Waals surface area contributed by atoms with Gasteiger partial charge in [0.15, 0.2) is 0 Å². The molecule has 2 atom stereocenters. The molecule has 26 heavy (non-hydrogen) atoms. The quantitative estimate of drug-likeness (QED) is 0.266. The molecular weight excluding hydrogens is 324 g/mol. The molecule has 0 saturated heterocycles. The van der Waals surface area contributed by atoms with Gasteiger partial charge < -0.3 is 4.74 Å². The first kappa shape index (κ1) is 23.2. The summed E-state index contributed by atoms with van der Waals surface area (Å²) < 4.78 is 5.15. The van der Waals surface area contributed by atoms with E-state index in [0.29, 0.717) is 12.4 Å². The van der Waals surface area contributed by atoms with Gasteiger partial charge >= 0.3 is 5.97 Å². The van der Waals surface area contributed by atoms with Crippen LogP contribution in [0.25, 0.3) is 0 Å². The third-order valence-corrected chi connectivity index (χ3v) is 6.35. The fourth-order valence-corrected chi connectivity index (χ4v) is 3.75. The second-order valence-corrected chi connectivity index (χ2v) is 9.65. The van der Waals surface area contributed by atoms with Gasteiger partial charge in [-0.15, -0.1) is 0 Å². The minimum atomic E-state index is -0.341. The van der Waals surface area contributed by atoms with Crippen LogP contribution in [0.5, 0.6) is 0 Å². The van der Waals surface area contributed by atoms with E-state index in [1.807, 2.05) is 20.8 Å². The summed E-state index contributed by atoms with van der Waals surface area (Å²) in [5, 5.41) is 0. The summed E-state index contributed by atoms with van der Waals surface area (Å²) in [6.45, 7) is 12.2. The average Bonchev–Trinajstić information content (AvgIpc) is 3.29. The number of hydrogen-bond donors (Lipinski definition) is 0. The van der Waals surface area contributed by atoms with E-state index >= 15 is 0 Å². The molecule has 0 aliphatic heterocycles. The maximum atomic E-state index is 11.9. The lowest BCUT2D eigenvalue weighted by Gasteiger charge is -2.21. The van der Waals surface area contributed by atoms with E-state index in [1.165, 1.54) is 44.9 Å². The molecule has 1 aliphatic carbocycles. The zero-order chi connectivity index (χ0) is 19.8. The first-order valence-electron chi connectivity index (χ1n) is 10.8. The number of rotatable bonds is 14. The van der Waals surface area contributed by atoms with Crippen molar-refractivity contribution in [3.05, 3.63) is 0 Å². The predicted octanol–water partition coefficient (Wildman–Crippen LogP) is 6.34. The Kier molecular flexibility index (Phi) is 9.33. The lowest BCUT2D eigenvalue weighted by Crippen LogP contribution is -2.26. The number of esters is 1. The number of hydrogen-bond acceptors (Lipinski definition) is 3. The van der Waals surface area contributed by atoms with Crippen molar-refractivity contribution in [2.45, 2.75) is 106 Å². The van der Waals surface area contributed by atoms with Crippen LogP contribution in [0.1, 0.15) is 106 Å². The van der Waals surface area contributed by atoms with Gasteiger partial charge in [0.25, 0.3) is 0 Å². The summed E-state index contributed by atoms with van der Waals surface area (Å²) in [7, 11) is 0. The molecule has 1 saturated carbocycles. The van der Waals surface area contributed by atoms with Crippen molar-refractivity contribution in [3.63, 3.8) is 0 Å². The van der Waals surface area contributed by atoms with Crippen LogP contribution in [0.4, 0.5) is 0 Å². The van der Waals surface area contributed by atoms with E-state index in [4.69, 9.17) is 4.74 Å². The van der Waals surface area contributed by atoms with Gasteiger partial charge in [-0.2, -0.15) is 0 Å². The molecule has 0 aromatic rings. The monoisotopic (exact) mass is 366 g/mol. The largest absolute Gasteiger partial charge is 0.466 e. The molecule has 0 amide bonds. The number of ether oxygens (including phenoxy) is 1. The number of Topliss-reactive ketones (excluding diaryl/α,β-unsaturated/α-hetero) is 1. The van der Waals surface area contributed by atoms with Crippen LogP contribution in [0.15, 0.2) is 0 Å². The zero-order valence-electron chi connectivity index (χ0n) is 18.2. The second kappa shape index (κ2) is 10.5. The maximum Gasteiger partial charge on any atom is 0.311 e. The predicted molar refractivity (Wildman–Crippen MR) is 108 cm³/mol. The first-order valence-corrected chi connectivity index (χ1v) is 10.8. The molecule has 0 radical (unpaired) electrons. The minimum absolute atomic E-state index is 0.0600. The Balaban J connectivity index is 2.03. The van der Waals surface area contributed by atoms with E-state index in [0.717, 1.165) is 31.1 Å². The van der Waals surface area contributed by atoms with Gasteiger partial charge in [0.2, 0.25) is 0 Å². The summed E-state index contributed by atoms with van der Waals surface area (Å²) in [5.41, 5.74) is -0.480. The fraction of sp³-hybridized carbons (Fsp3) is 0.913. The van der Waals surface area contributed by atoms with Gasteiger partial charge in [0, 0.05) is 5.41 Å². The Labute approximate surface area is 161 Å². The Morgan fingerprint density at radius 2 is 1.35 bits per heavy atom. The molecule has 0 aromatic carbocycles. The van der Waals surface area contributed by atoms with Crippen molar-refractivity contribution >= 4 is 11.8 Å². The zero-order valence-corrected chi connectivity index (χ0v) is 18.2. The van der Waals surface area contributed by atoms with E-state index < -0.39 is 0 Å². The molecular formula is C23H42O3. The fourth-order valence-electron chi connectivity index (χ4n) is 3.75. The van der Waals surface area contributed by atoms with Crippen molar-refractivity contribution in [3.8, 4) is 0 Å². The highest BCUT2D eigenvalue weighted by Gasteiger charge is 2.35. The molecule has 2 unspecified atom stereocenters. The standard InChI is InChI=1S/C23H42O3/c1-7-26-21(25)23(5,6)16-11-8-9-13-19-17-20(19)14-10-12-15-22(3,4)18(2)24/h19-20H,7-17H2,1-6H3. The average molecular weight is 367 g/mol. The summed E-state index contributed by atoms with van der Waals surface area (Å²) >= 11 is 0. The molecule has 0 N–H and O–H groups in total. The Morgan fingerprint density at radius 1 is 0.846 bits per heavy atom. The first-order chi connectivity index (χ1) is 12.1. The van der Waals surface area contributed by atoms with Crippen LogP contribution in [0.2, 0.25) is 0 Å². The van der Waals surface area contributed by atoms with Crippen LogP contribution in [-0.2, 0) is 14.3 Å². The van der Waals surface area contributed by atoms with Crippen molar-refractivity contribution in [2.75, 3.05) is 6.61 Å². The highest BCUT2D eigenvalue weighted by molar-refractivity contribution is 5.81. The summed E-state index contributed by atoms with van der Waals surface area (Å²) in [4.78, 5) is 23.4. The molecule has 0 bridgehead atoms. The lowest BCUT2D eigenvalue weighted by atomic mass is 9.83. The van der Waals surface area contributed by atoms with E-state index in [9.17, 15) is 9.59 Å². The van der Waals surface area contributed by atoms with E-state index in [-0.39, 0.29) is 16.8 Å². The topological polar surface area (TPSA) is 43.4 Å². The Morgan fingerprint density at radius 3 is 1.88 bits per heavy atom. The molecule has 0 heterocycles. The van der Waals surface area contributed by atoms with Gasteiger partial charge in [0.05, 0.1) is 12.0 Å². The third-order valence-electron chi connectivity index (χ3n) is 6.35. The number of carbonyl (C=O) groups is 2. The summed E-state index contributed by atoms with van der Waals surface area (Å²) in [6, 6.07) is 0.